The Morgan fingerprint density at radius 3 is 2.13 bits per heavy atom. The maximum atomic E-state index is 12.5. The number of rotatable bonds is 2. The van der Waals surface area contributed by atoms with Gasteiger partial charge in [0.25, 0.3) is 10.0 Å². The number of nitrogens with zero attached hydrogens (tertiary/aromatic N) is 1. The van der Waals surface area contributed by atoms with Gasteiger partial charge in [-0.1, -0.05) is 65.5 Å². The molecule has 0 fully saturated rings. The molecule has 0 saturated carbocycles. The highest BCUT2D eigenvalue weighted by Gasteiger charge is 2.49. The van der Waals surface area contributed by atoms with Crippen molar-refractivity contribution in [2.45, 2.75) is 19.9 Å². The zero-order valence-electron chi connectivity index (χ0n) is 11.4. The number of carbonyl (C=O) groups excluding carboxylic acids is 1. The highest BCUT2D eigenvalue weighted by atomic mass is 79.9. The van der Waals surface area contributed by atoms with Crippen molar-refractivity contribution >= 4 is 101 Å². The Hall–Kier alpha value is 0.650. The first-order valence-electron chi connectivity index (χ1n) is 6.02. The van der Waals surface area contributed by atoms with Crippen LogP contribution in [0.2, 0.25) is 0 Å². The minimum absolute atomic E-state index is 0.0818. The predicted molar refractivity (Wildman–Crippen MR) is 109 cm³/mol. The highest BCUT2D eigenvalue weighted by molar-refractivity contribution is 9.27. The van der Waals surface area contributed by atoms with E-state index in [1.165, 1.54) is 12.1 Å². The van der Waals surface area contributed by atoms with E-state index in [4.69, 9.17) is 0 Å². The van der Waals surface area contributed by atoms with E-state index in [2.05, 4.69) is 84.0 Å². The molecule has 1 aliphatic carbocycles. The first-order chi connectivity index (χ1) is 10.5. The Bertz CT molecular complexity index is 828. The molecule has 0 amide bonds. The van der Waals surface area contributed by atoms with Gasteiger partial charge in [-0.05, 0) is 50.9 Å². The minimum atomic E-state index is -3.91. The van der Waals surface area contributed by atoms with Crippen LogP contribution < -0.4 is 0 Å². The molecule has 23 heavy (non-hydrogen) atoms. The van der Waals surface area contributed by atoms with Crippen LogP contribution in [0.4, 0.5) is 0 Å². The molecule has 10 heteroatoms. The van der Waals surface area contributed by atoms with Crippen molar-refractivity contribution in [1.29, 1.82) is 0 Å². The van der Waals surface area contributed by atoms with Crippen molar-refractivity contribution in [2.24, 2.45) is 4.40 Å². The Morgan fingerprint density at radius 1 is 1.09 bits per heavy atom. The van der Waals surface area contributed by atoms with E-state index < -0.39 is 18.1 Å². The minimum Gasteiger partial charge on any atom is -0.291 e. The summed E-state index contributed by atoms with van der Waals surface area (Å²) in [6.45, 7) is 1.87. The largest absolute Gasteiger partial charge is 0.291 e. The molecular formula is C13H8Br5NO3S. The molecule has 0 spiro atoms. The molecule has 0 saturated heterocycles. The van der Waals surface area contributed by atoms with Gasteiger partial charge in [0.15, 0.2) is 9.02 Å². The standard InChI is InChI=1S/C13H8Br5NO3S/c1-6-2-4-7(5-3-6)23(21,22)19-10-8(14)9(15)12(20)13(17,18)11(10)16/h2-5,11H,1H3. The molecular weight excluding hydrogens is 650 g/mol. The van der Waals surface area contributed by atoms with Gasteiger partial charge >= 0.3 is 0 Å². The molecule has 0 N–H and O–H groups in total. The first-order valence-corrected chi connectivity index (χ1v) is 11.5. The highest BCUT2D eigenvalue weighted by Crippen LogP contribution is 2.46. The third-order valence-electron chi connectivity index (χ3n) is 3.02. The number of halogens is 5. The summed E-state index contributed by atoms with van der Waals surface area (Å²) in [6.07, 6.45) is 0. The van der Waals surface area contributed by atoms with Crippen LogP contribution in [0.5, 0.6) is 0 Å². The molecule has 0 aromatic heterocycles. The van der Waals surface area contributed by atoms with E-state index in [1.807, 2.05) is 6.92 Å². The smallest absolute Gasteiger partial charge is 0.282 e. The molecule has 124 valence electrons. The molecule has 0 radical (unpaired) electrons. The molecule has 1 aromatic rings. The maximum absolute atomic E-state index is 12.5. The van der Waals surface area contributed by atoms with Crippen molar-refractivity contribution in [3.8, 4) is 0 Å². The van der Waals surface area contributed by atoms with Crippen LogP contribution in [0.3, 0.4) is 0 Å². The fraction of sp³-hybridized carbons (Fsp3) is 0.231. The number of ketones is 1. The number of aryl methyl sites for hydroxylation is 1. The van der Waals surface area contributed by atoms with Gasteiger partial charge in [-0.2, -0.15) is 12.8 Å². The maximum Gasteiger partial charge on any atom is 0.282 e. The van der Waals surface area contributed by atoms with E-state index in [0.717, 1.165) is 5.56 Å². The van der Waals surface area contributed by atoms with Crippen LogP contribution in [0.1, 0.15) is 5.56 Å². The Labute approximate surface area is 175 Å². The molecule has 1 atom stereocenters. The monoisotopic (exact) mass is 653 g/mol. The van der Waals surface area contributed by atoms with Gasteiger partial charge in [-0.15, -0.1) is 0 Å². The van der Waals surface area contributed by atoms with Gasteiger partial charge in [-0.3, -0.25) is 4.79 Å². The third kappa shape index (κ3) is 3.92. The lowest BCUT2D eigenvalue weighted by atomic mass is 10.0. The second-order valence-electron chi connectivity index (χ2n) is 4.71. The predicted octanol–water partition coefficient (Wildman–Crippen LogP) is 4.96. The summed E-state index contributed by atoms with van der Waals surface area (Å²) >= 11 is 16.3. The fourth-order valence-electron chi connectivity index (χ4n) is 1.74. The average Bonchev–Trinajstić information content (AvgIpc) is 2.49. The van der Waals surface area contributed by atoms with Crippen molar-refractivity contribution in [3.63, 3.8) is 0 Å². The van der Waals surface area contributed by atoms with Gasteiger partial charge in [0.1, 0.15) is 0 Å². The molecule has 2 rings (SSSR count). The Balaban J connectivity index is 2.61. The lowest BCUT2D eigenvalue weighted by Crippen LogP contribution is -2.44. The topological polar surface area (TPSA) is 63.6 Å². The number of hydrogen-bond donors (Lipinski definition) is 0. The summed E-state index contributed by atoms with van der Waals surface area (Å²) in [6, 6.07) is 6.38. The number of benzene rings is 1. The molecule has 0 heterocycles. The molecule has 0 bridgehead atoms. The molecule has 1 aliphatic rings. The molecule has 0 aliphatic heterocycles. The van der Waals surface area contributed by atoms with Crippen molar-refractivity contribution in [2.75, 3.05) is 0 Å². The number of Topliss-reactive ketones (excluding diaryl/α,β-unsaturated/α-hetero) is 1. The van der Waals surface area contributed by atoms with Crippen molar-refractivity contribution < 1.29 is 13.2 Å². The fourth-order valence-corrected chi connectivity index (χ4v) is 6.25. The van der Waals surface area contributed by atoms with Crippen LogP contribution in [-0.4, -0.2) is 28.0 Å². The van der Waals surface area contributed by atoms with Crippen LogP contribution >= 0.6 is 79.6 Å². The van der Waals surface area contributed by atoms with E-state index in [9.17, 15) is 13.2 Å². The SMILES string of the molecule is Cc1ccc(S(=O)(=O)N=C2C(Br)=C(Br)C(=O)C(Br)(Br)C2Br)cc1. The lowest BCUT2D eigenvalue weighted by molar-refractivity contribution is -0.114. The number of carbonyl (C=O) groups is 1. The normalized spacial score (nSPS) is 23.5. The number of alkyl halides is 3. The van der Waals surface area contributed by atoms with Crippen LogP contribution in [0.15, 0.2) is 42.5 Å². The summed E-state index contributed by atoms with van der Waals surface area (Å²) in [5.41, 5.74) is 1.12. The molecule has 1 unspecified atom stereocenters. The Kier molecular flexibility index (Phi) is 6.17. The summed E-state index contributed by atoms with van der Waals surface area (Å²) < 4.78 is 28.2. The van der Waals surface area contributed by atoms with E-state index in [-0.39, 0.29) is 25.4 Å². The average molecular weight is 658 g/mol. The van der Waals surface area contributed by atoms with Crippen LogP contribution in [-0.2, 0) is 14.8 Å². The number of hydrogen-bond acceptors (Lipinski definition) is 3. The van der Waals surface area contributed by atoms with Crippen LogP contribution in [0.25, 0.3) is 0 Å². The van der Waals surface area contributed by atoms with E-state index in [0.29, 0.717) is 0 Å². The van der Waals surface area contributed by atoms with Gasteiger partial charge < -0.3 is 0 Å². The quantitative estimate of drug-likeness (QED) is 0.423. The summed E-state index contributed by atoms with van der Waals surface area (Å²) in [5, 5.41) is 0. The second-order valence-corrected chi connectivity index (χ2v) is 12.4. The molecule has 4 nitrogen and oxygen atoms in total. The van der Waals surface area contributed by atoms with Gasteiger partial charge in [0, 0.05) is 0 Å². The second kappa shape index (κ2) is 7.11. The zero-order chi connectivity index (χ0) is 17.6. The number of allylic oxidation sites excluding steroid dienone is 2. The Morgan fingerprint density at radius 2 is 1.61 bits per heavy atom. The zero-order valence-corrected chi connectivity index (χ0v) is 20.1. The summed E-state index contributed by atoms with van der Waals surface area (Å²) in [4.78, 5) is 11.6. The van der Waals surface area contributed by atoms with E-state index >= 15 is 0 Å². The van der Waals surface area contributed by atoms with Crippen molar-refractivity contribution in [1.82, 2.24) is 0 Å². The third-order valence-corrected chi connectivity index (χ3v) is 10.4. The first kappa shape index (κ1) is 20.0. The van der Waals surface area contributed by atoms with Crippen molar-refractivity contribution in [3.05, 3.63) is 38.8 Å². The van der Waals surface area contributed by atoms with Gasteiger partial charge in [0.05, 0.1) is 24.4 Å². The summed E-state index contributed by atoms with van der Waals surface area (Å²) in [7, 11) is -3.91. The number of sulfonamides is 1. The molecule has 1 aromatic carbocycles. The van der Waals surface area contributed by atoms with Gasteiger partial charge in [0.2, 0.25) is 0 Å². The van der Waals surface area contributed by atoms with Gasteiger partial charge in [-0.25, -0.2) is 0 Å². The van der Waals surface area contributed by atoms with E-state index in [1.54, 1.807) is 12.1 Å². The lowest BCUT2D eigenvalue weighted by Gasteiger charge is -2.30. The van der Waals surface area contributed by atoms with Crippen LogP contribution in [0, 0.1) is 6.92 Å². The summed E-state index contributed by atoms with van der Waals surface area (Å²) in [5.74, 6) is -0.294.